The minimum absolute atomic E-state index is 0.843. The van der Waals surface area contributed by atoms with E-state index in [4.69, 9.17) is 11.6 Å². The highest BCUT2D eigenvalue weighted by Crippen LogP contribution is 2.30. The molecule has 0 aliphatic rings. The molecule has 1 nitrogen and oxygen atoms in total. The second-order valence-electron chi connectivity index (χ2n) is 4.11. The van der Waals surface area contributed by atoms with Gasteiger partial charge in [0.2, 0.25) is 0 Å². The SMILES string of the molecule is Cc1cc(C)c2c(Cl)c(C)c(C)nc2c1. The smallest absolute Gasteiger partial charge is 0.0725 e. The van der Waals surface area contributed by atoms with Crippen LogP contribution in [0.2, 0.25) is 5.02 Å². The Bertz CT molecular complexity index is 544. The van der Waals surface area contributed by atoms with Crippen LogP contribution in [-0.4, -0.2) is 4.98 Å². The normalized spacial score (nSPS) is 11.0. The molecule has 2 heteroatoms. The fourth-order valence-electron chi connectivity index (χ4n) is 1.93. The summed E-state index contributed by atoms with van der Waals surface area (Å²) in [5, 5.41) is 1.93. The third-order valence-electron chi connectivity index (χ3n) is 2.84. The Morgan fingerprint density at radius 1 is 1.07 bits per heavy atom. The Kier molecular flexibility index (Phi) is 2.43. The average Bonchev–Trinajstić information content (AvgIpc) is 2.13. The highest BCUT2D eigenvalue weighted by atomic mass is 35.5. The van der Waals surface area contributed by atoms with Crippen LogP contribution < -0.4 is 0 Å². The van der Waals surface area contributed by atoms with Crippen molar-refractivity contribution in [2.75, 3.05) is 0 Å². The van der Waals surface area contributed by atoms with Gasteiger partial charge in [-0.1, -0.05) is 17.7 Å². The van der Waals surface area contributed by atoms with Crippen molar-refractivity contribution in [3.63, 3.8) is 0 Å². The standard InChI is InChI=1S/C13H14ClN/c1-7-5-8(2)12-11(6-7)15-10(4)9(3)13(12)14/h5-6H,1-4H3. The first kappa shape index (κ1) is 10.4. The fourth-order valence-corrected chi connectivity index (χ4v) is 2.31. The first-order chi connectivity index (χ1) is 7.00. The van der Waals surface area contributed by atoms with Gasteiger partial charge in [-0.05, 0) is 50.5 Å². The number of hydrogen-bond acceptors (Lipinski definition) is 1. The number of hydrogen-bond donors (Lipinski definition) is 0. The molecule has 0 unspecified atom stereocenters. The van der Waals surface area contributed by atoms with E-state index in [0.29, 0.717) is 0 Å². The van der Waals surface area contributed by atoms with E-state index in [9.17, 15) is 0 Å². The van der Waals surface area contributed by atoms with Crippen LogP contribution in [0, 0.1) is 27.7 Å². The van der Waals surface area contributed by atoms with Crippen LogP contribution >= 0.6 is 11.6 Å². The van der Waals surface area contributed by atoms with Gasteiger partial charge in [-0.25, -0.2) is 0 Å². The zero-order valence-corrected chi connectivity index (χ0v) is 10.2. The quantitative estimate of drug-likeness (QED) is 0.650. The van der Waals surface area contributed by atoms with E-state index >= 15 is 0 Å². The summed E-state index contributed by atoms with van der Waals surface area (Å²) in [5.74, 6) is 0. The summed E-state index contributed by atoms with van der Waals surface area (Å²) in [6, 6.07) is 4.23. The Morgan fingerprint density at radius 3 is 2.40 bits per heavy atom. The van der Waals surface area contributed by atoms with E-state index in [1.54, 1.807) is 0 Å². The summed E-state index contributed by atoms with van der Waals surface area (Å²) >= 11 is 6.35. The van der Waals surface area contributed by atoms with E-state index in [0.717, 1.165) is 27.2 Å². The number of benzene rings is 1. The maximum absolute atomic E-state index is 6.35. The Morgan fingerprint density at radius 2 is 1.73 bits per heavy atom. The number of aromatic nitrogens is 1. The predicted molar refractivity (Wildman–Crippen MR) is 65.7 cm³/mol. The van der Waals surface area contributed by atoms with Gasteiger partial charge in [0.15, 0.2) is 0 Å². The van der Waals surface area contributed by atoms with E-state index in [-0.39, 0.29) is 0 Å². The number of aryl methyl sites for hydroxylation is 3. The zero-order valence-electron chi connectivity index (χ0n) is 9.48. The van der Waals surface area contributed by atoms with Crippen LogP contribution in [0.5, 0.6) is 0 Å². The molecule has 0 N–H and O–H groups in total. The van der Waals surface area contributed by atoms with Gasteiger partial charge in [0, 0.05) is 11.1 Å². The summed E-state index contributed by atoms with van der Waals surface area (Å²) < 4.78 is 0. The minimum Gasteiger partial charge on any atom is -0.253 e. The van der Waals surface area contributed by atoms with Crippen LogP contribution in [0.15, 0.2) is 12.1 Å². The van der Waals surface area contributed by atoms with Gasteiger partial charge in [-0.2, -0.15) is 0 Å². The molecule has 0 amide bonds. The molecule has 0 aliphatic heterocycles. The first-order valence-corrected chi connectivity index (χ1v) is 5.42. The largest absolute Gasteiger partial charge is 0.253 e. The van der Waals surface area contributed by atoms with Crippen molar-refractivity contribution in [1.82, 2.24) is 4.98 Å². The summed E-state index contributed by atoms with van der Waals surface area (Å²) in [4.78, 5) is 4.57. The Balaban J connectivity index is 2.99. The van der Waals surface area contributed by atoms with Crippen molar-refractivity contribution in [2.45, 2.75) is 27.7 Å². The lowest BCUT2D eigenvalue weighted by Crippen LogP contribution is -1.93. The molecule has 0 fully saturated rings. The summed E-state index contributed by atoms with van der Waals surface area (Å²) in [7, 11) is 0. The van der Waals surface area contributed by atoms with Crippen LogP contribution in [0.25, 0.3) is 10.9 Å². The second-order valence-corrected chi connectivity index (χ2v) is 4.49. The lowest BCUT2D eigenvalue weighted by Gasteiger charge is -2.10. The van der Waals surface area contributed by atoms with Crippen LogP contribution in [-0.2, 0) is 0 Å². The van der Waals surface area contributed by atoms with E-state index in [1.807, 2.05) is 13.8 Å². The summed E-state index contributed by atoms with van der Waals surface area (Å²) in [6.45, 7) is 8.18. The van der Waals surface area contributed by atoms with Gasteiger partial charge in [-0.15, -0.1) is 0 Å². The number of halogens is 1. The molecule has 15 heavy (non-hydrogen) atoms. The molecule has 0 spiro atoms. The Hall–Kier alpha value is -1.08. The highest BCUT2D eigenvalue weighted by Gasteiger charge is 2.09. The summed E-state index contributed by atoms with van der Waals surface area (Å²) in [5.41, 5.74) is 5.52. The lowest BCUT2D eigenvalue weighted by atomic mass is 10.0. The molecule has 0 bridgehead atoms. The monoisotopic (exact) mass is 219 g/mol. The second kappa shape index (κ2) is 3.49. The molecule has 2 aromatic rings. The average molecular weight is 220 g/mol. The molecule has 78 valence electrons. The van der Waals surface area contributed by atoms with Crippen molar-refractivity contribution in [3.8, 4) is 0 Å². The molecule has 1 heterocycles. The first-order valence-electron chi connectivity index (χ1n) is 5.04. The molecule has 0 radical (unpaired) electrons. The number of rotatable bonds is 0. The van der Waals surface area contributed by atoms with Gasteiger partial charge in [-0.3, -0.25) is 4.98 Å². The van der Waals surface area contributed by atoms with Crippen molar-refractivity contribution in [2.24, 2.45) is 0 Å². The molecule has 0 saturated heterocycles. The van der Waals surface area contributed by atoms with Crippen LogP contribution in [0.3, 0.4) is 0 Å². The predicted octanol–water partition coefficient (Wildman–Crippen LogP) is 4.12. The van der Waals surface area contributed by atoms with Gasteiger partial charge in [0.1, 0.15) is 0 Å². The van der Waals surface area contributed by atoms with E-state index < -0.39 is 0 Å². The topological polar surface area (TPSA) is 12.9 Å². The summed E-state index contributed by atoms with van der Waals surface area (Å²) in [6.07, 6.45) is 0. The van der Waals surface area contributed by atoms with Crippen molar-refractivity contribution in [1.29, 1.82) is 0 Å². The molecule has 0 saturated carbocycles. The van der Waals surface area contributed by atoms with Crippen molar-refractivity contribution < 1.29 is 0 Å². The van der Waals surface area contributed by atoms with Gasteiger partial charge >= 0.3 is 0 Å². The van der Waals surface area contributed by atoms with Crippen LogP contribution in [0.1, 0.15) is 22.4 Å². The van der Waals surface area contributed by atoms with Crippen molar-refractivity contribution >= 4 is 22.5 Å². The fraction of sp³-hybridized carbons (Fsp3) is 0.308. The molecule has 1 aromatic carbocycles. The van der Waals surface area contributed by atoms with E-state index in [2.05, 4.69) is 31.0 Å². The maximum Gasteiger partial charge on any atom is 0.0725 e. The maximum atomic E-state index is 6.35. The number of pyridine rings is 1. The molecular weight excluding hydrogens is 206 g/mol. The molecule has 2 rings (SSSR count). The van der Waals surface area contributed by atoms with Gasteiger partial charge < -0.3 is 0 Å². The van der Waals surface area contributed by atoms with Crippen LogP contribution in [0.4, 0.5) is 0 Å². The third-order valence-corrected chi connectivity index (χ3v) is 3.31. The van der Waals surface area contributed by atoms with E-state index in [1.165, 1.54) is 11.1 Å². The number of fused-ring (bicyclic) bond motifs is 1. The van der Waals surface area contributed by atoms with Crippen molar-refractivity contribution in [3.05, 3.63) is 39.5 Å². The molecule has 0 aliphatic carbocycles. The van der Waals surface area contributed by atoms with Gasteiger partial charge in [0.25, 0.3) is 0 Å². The molecule has 1 aromatic heterocycles. The zero-order chi connectivity index (χ0) is 11.2. The number of nitrogens with zero attached hydrogens (tertiary/aromatic N) is 1. The molecule has 0 atom stereocenters. The third kappa shape index (κ3) is 1.61. The lowest BCUT2D eigenvalue weighted by molar-refractivity contribution is 1.19. The highest BCUT2D eigenvalue weighted by molar-refractivity contribution is 6.36. The minimum atomic E-state index is 0.843. The molecular formula is C13H14ClN. The Labute approximate surface area is 95.1 Å². The van der Waals surface area contributed by atoms with Gasteiger partial charge in [0.05, 0.1) is 10.5 Å².